The van der Waals surface area contributed by atoms with Crippen LogP contribution in [0.3, 0.4) is 0 Å². The normalized spacial score (nSPS) is 14.1. The Morgan fingerprint density at radius 1 is 0.971 bits per heavy atom. The number of carboxylic acids is 1. The first-order chi connectivity index (χ1) is 15.7. The van der Waals surface area contributed by atoms with E-state index in [9.17, 15) is 27.9 Å². The Kier molecular flexibility index (Phi) is 6.43. The Bertz CT molecular complexity index is 1210. The van der Waals surface area contributed by atoms with Crippen LogP contribution >= 0.6 is 0 Å². The third-order valence-electron chi connectivity index (χ3n) is 5.56. The van der Waals surface area contributed by atoms with Crippen molar-refractivity contribution in [1.82, 2.24) is 4.57 Å². The summed E-state index contributed by atoms with van der Waals surface area (Å²) in [7, 11) is 0. The summed E-state index contributed by atoms with van der Waals surface area (Å²) in [6, 6.07) is 10.8. The van der Waals surface area contributed by atoms with E-state index in [4.69, 9.17) is 4.74 Å². The lowest BCUT2D eigenvalue weighted by Crippen LogP contribution is -2.47. The lowest BCUT2D eigenvalue weighted by atomic mass is 9.79. The molecule has 2 aromatic carbocycles. The van der Waals surface area contributed by atoms with Gasteiger partial charge in [0, 0.05) is 11.6 Å². The van der Waals surface area contributed by atoms with Gasteiger partial charge in [-0.25, -0.2) is 9.59 Å². The zero-order valence-electron chi connectivity index (χ0n) is 19.5. The van der Waals surface area contributed by atoms with Crippen LogP contribution in [0.4, 0.5) is 23.7 Å². The summed E-state index contributed by atoms with van der Waals surface area (Å²) in [5.74, 6) is -1.76. The molecule has 1 atom stereocenters. The molecule has 1 heterocycles. The number of halogens is 3. The number of anilines is 1. The molecule has 0 aliphatic heterocycles. The summed E-state index contributed by atoms with van der Waals surface area (Å²) in [5, 5.41) is 13.7. The quantitative estimate of drug-likeness (QED) is 0.441. The van der Waals surface area contributed by atoms with E-state index in [2.05, 4.69) is 5.32 Å². The summed E-state index contributed by atoms with van der Waals surface area (Å²) in [5.41, 5.74) is -2.16. The van der Waals surface area contributed by atoms with Gasteiger partial charge in [-0.1, -0.05) is 32.0 Å². The fourth-order valence-corrected chi connectivity index (χ4v) is 4.14. The number of aliphatic carboxylic acids is 1. The van der Waals surface area contributed by atoms with Crippen molar-refractivity contribution in [2.45, 2.75) is 51.9 Å². The van der Waals surface area contributed by atoms with Crippen LogP contribution in [0.25, 0.3) is 10.9 Å². The van der Waals surface area contributed by atoms with Gasteiger partial charge in [0.15, 0.2) is 5.54 Å². The van der Waals surface area contributed by atoms with Crippen LogP contribution in [0.1, 0.15) is 45.7 Å². The Hall–Kier alpha value is -3.49. The molecule has 0 radical (unpaired) electrons. The highest BCUT2D eigenvalue weighted by Crippen LogP contribution is 2.40. The van der Waals surface area contributed by atoms with Crippen LogP contribution in [0.2, 0.25) is 0 Å². The Morgan fingerprint density at radius 3 is 2.06 bits per heavy atom. The number of aromatic nitrogens is 1. The first-order valence-corrected chi connectivity index (χ1v) is 10.7. The average molecular weight is 476 g/mol. The summed E-state index contributed by atoms with van der Waals surface area (Å²) < 4.78 is 46.1. The van der Waals surface area contributed by atoms with Crippen LogP contribution < -0.4 is 5.32 Å². The predicted octanol–water partition coefficient (Wildman–Crippen LogP) is 6.49. The van der Waals surface area contributed by atoms with Gasteiger partial charge >= 0.3 is 18.2 Å². The van der Waals surface area contributed by atoms with Crippen molar-refractivity contribution in [2.75, 3.05) is 5.32 Å². The zero-order valence-corrected chi connectivity index (χ0v) is 19.5. The summed E-state index contributed by atoms with van der Waals surface area (Å²) in [6.07, 6.45) is -3.63. The van der Waals surface area contributed by atoms with E-state index in [-0.39, 0.29) is 5.56 Å². The number of fused-ring (bicyclic) bond motifs is 1. The number of ether oxygens (including phenoxy) is 1. The molecule has 34 heavy (non-hydrogen) atoms. The van der Waals surface area contributed by atoms with Crippen molar-refractivity contribution in [3.8, 4) is 0 Å². The smallest absolute Gasteiger partial charge is 0.416 e. The number of hydrogen-bond donors (Lipinski definition) is 2. The first kappa shape index (κ1) is 25.1. The number of rotatable bonds is 5. The molecule has 3 aromatic rings. The van der Waals surface area contributed by atoms with Crippen molar-refractivity contribution < 1.29 is 32.6 Å². The van der Waals surface area contributed by atoms with E-state index < -0.39 is 40.9 Å². The molecule has 3 rings (SSSR count). The van der Waals surface area contributed by atoms with Gasteiger partial charge in [0.05, 0.1) is 16.8 Å². The molecule has 6 nitrogen and oxygen atoms in total. The molecule has 1 amide bonds. The number of nitrogens with zero attached hydrogens (tertiary/aromatic N) is 1. The molecule has 9 heteroatoms. The maximum atomic E-state index is 13.1. The van der Waals surface area contributed by atoms with Gasteiger partial charge in [-0.15, -0.1) is 0 Å². The zero-order chi connectivity index (χ0) is 25.5. The van der Waals surface area contributed by atoms with Crippen LogP contribution in [-0.2, 0) is 21.2 Å². The molecule has 1 aromatic heterocycles. The molecular formula is C25H27F3N2O4. The second-order valence-electron chi connectivity index (χ2n) is 9.35. The topological polar surface area (TPSA) is 80.6 Å². The van der Waals surface area contributed by atoms with Gasteiger partial charge in [0.2, 0.25) is 0 Å². The molecule has 0 fully saturated rings. The van der Waals surface area contributed by atoms with Gasteiger partial charge in [0.1, 0.15) is 5.60 Å². The van der Waals surface area contributed by atoms with Crippen LogP contribution in [-0.4, -0.2) is 27.3 Å². The van der Waals surface area contributed by atoms with Gasteiger partial charge < -0.3 is 14.4 Å². The van der Waals surface area contributed by atoms with Crippen LogP contribution in [0.15, 0.2) is 54.7 Å². The van der Waals surface area contributed by atoms with E-state index in [1.54, 1.807) is 65.1 Å². The van der Waals surface area contributed by atoms with E-state index >= 15 is 0 Å². The molecule has 1 unspecified atom stereocenters. The second kappa shape index (κ2) is 8.70. The van der Waals surface area contributed by atoms with Crippen molar-refractivity contribution in [1.29, 1.82) is 0 Å². The first-order valence-electron chi connectivity index (χ1n) is 10.7. The summed E-state index contributed by atoms with van der Waals surface area (Å²) in [4.78, 5) is 25.1. The summed E-state index contributed by atoms with van der Waals surface area (Å²) in [6.45, 7) is 8.59. The molecule has 0 aliphatic carbocycles. The Morgan fingerprint density at radius 2 is 1.56 bits per heavy atom. The fraction of sp³-hybridized carbons (Fsp3) is 0.360. The standard InChI is InChI=1S/C25H27F3N2O4/c1-15(2)24(21(31)32,16-9-11-17(12-10-16)25(26,27)28)30-14-13-18-19(7-6-8-20(18)30)29-22(33)34-23(3,4)5/h6-15H,1-5H3,(H,29,33)(H,31,32). The van der Waals surface area contributed by atoms with E-state index in [0.29, 0.717) is 16.6 Å². The van der Waals surface area contributed by atoms with Crippen molar-refractivity contribution in [2.24, 2.45) is 5.92 Å². The van der Waals surface area contributed by atoms with Gasteiger partial charge in [-0.2, -0.15) is 13.2 Å². The third-order valence-corrected chi connectivity index (χ3v) is 5.56. The number of carbonyl (C=O) groups is 2. The predicted molar refractivity (Wildman–Crippen MR) is 123 cm³/mol. The third kappa shape index (κ3) is 4.60. The lowest BCUT2D eigenvalue weighted by molar-refractivity contribution is -0.147. The maximum absolute atomic E-state index is 13.1. The maximum Gasteiger partial charge on any atom is 0.416 e. The molecule has 0 aliphatic rings. The largest absolute Gasteiger partial charge is 0.479 e. The molecule has 2 N–H and O–H groups in total. The van der Waals surface area contributed by atoms with Gasteiger partial charge in [-0.3, -0.25) is 5.32 Å². The second-order valence-corrected chi connectivity index (χ2v) is 9.35. The Balaban J connectivity index is 2.17. The van der Waals surface area contributed by atoms with E-state index in [0.717, 1.165) is 12.1 Å². The number of alkyl halides is 3. The summed E-state index contributed by atoms with van der Waals surface area (Å²) >= 11 is 0. The van der Waals surface area contributed by atoms with E-state index in [1.807, 2.05) is 0 Å². The highest BCUT2D eigenvalue weighted by Gasteiger charge is 2.46. The van der Waals surface area contributed by atoms with E-state index in [1.165, 1.54) is 16.7 Å². The van der Waals surface area contributed by atoms with Crippen LogP contribution in [0, 0.1) is 5.92 Å². The molecule has 0 spiro atoms. The van der Waals surface area contributed by atoms with Crippen molar-refractivity contribution >= 4 is 28.7 Å². The minimum atomic E-state index is -4.54. The number of carboxylic acid groups (broad SMARTS) is 1. The number of amides is 1. The minimum absolute atomic E-state index is 0.200. The number of carbonyl (C=O) groups excluding carboxylic acids is 1. The van der Waals surface area contributed by atoms with Crippen molar-refractivity contribution in [3.05, 3.63) is 65.9 Å². The lowest BCUT2D eigenvalue weighted by Gasteiger charge is -2.36. The number of nitrogens with one attached hydrogen (secondary N) is 1. The molecule has 0 saturated heterocycles. The minimum Gasteiger partial charge on any atom is -0.479 e. The molecule has 0 saturated carbocycles. The Labute approximate surface area is 195 Å². The van der Waals surface area contributed by atoms with Crippen LogP contribution in [0.5, 0.6) is 0 Å². The molecule has 0 bridgehead atoms. The van der Waals surface area contributed by atoms with Crippen molar-refractivity contribution in [3.63, 3.8) is 0 Å². The molecular weight excluding hydrogens is 449 g/mol. The SMILES string of the molecule is CC(C)C(C(=O)O)(c1ccc(C(F)(F)F)cc1)n1ccc2c(NC(=O)OC(C)(C)C)cccc21. The number of benzene rings is 2. The fourth-order valence-electron chi connectivity index (χ4n) is 4.14. The molecule has 182 valence electrons. The highest BCUT2D eigenvalue weighted by molar-refractivity contribution is 6.00. The highest BCUT2D eigenvalue weighted by atomic mass is 19.4. The number of hydrogen-bond acceptors (Lipinski definition) is 3. The van der Waals surface area contributed by atoms with Gasteiger partial charge in [-0.05, 0) is 62.6 Å². The average Bonchev–Trinajstić information content (AvgIpc) is 3.12. The monoisotopic (exact) mass is 476 g/mol. The van der Waals surface area contributed by atoms with Gasteiger partial charge in [0.25, 0.3) is 0 Å².